The maximum Gasteiger partial charge on any atom is 0.584 e. The van der Waals surface area contributed by atoms with Crippen LogP contribution in [-0.4, -0.2) is 4.89 Å². The Kier molecular flexibility index (Phi) is 7.97. The van der Waals surface area contributed by atoms with Crippen molar-refractivity contribution < 1.29 is 18.5 Å². The summed E-state index contributed by atoms with van der Waals surface area (Å²) in [6.07, 6.45) is 0.494. The monoisotopic (exact) mass is 610 g/mol. The van der Waals surface area contributed by atoms with Gasteiger partial charge in [0, 0.05) is 28.4 Å². The van der Waals surface area contributed by atoms with Crippen LogP contribution in [0.3, 0.4) is 0 Å². The van der Waals surface area contributed by atoms with Gasteiger partial charge in [-0.3, -0.25) is 4.89 Å². The number of benzene rings is 4. The average Bonchev–Trinajstić information content (AvgIpc) is 2.93. The SMILES string of the molecule is CC(C)(C)c1cc(C(C)(C)c2ccccc2)cc2c1OP(=O)(O)Oc1c(cc(C(C)(C)c3ccccc3)cc1C(C)(C)C)C2. The zero-order valence-corrected chi connectivity index (χ0v) is 28.8. The molecule has 0 spiro atoms. The Morgan fingerprint density at radius 3 is 1.20 bits per heavy atom. The summed E-state index contributed by atoms with van der Waals surface area (Å²) in [6.45, 7) is 21.6. The first-order valence-electron chi connectivity index (χ1n) is 15.5. The third-order valence-corrected chi connectivity index (χ3v) is 10.0. The largest absolute Gasteiger partial charge is 0.584 e. The highest BCUT2D eigenvalue weighted by Crippen LogP contribution is 2.55. The standard InChI is InChI=1S/C39H47O4P/c1-36(2,3)32-24-30(38(7,8)28-17-13-11-14-18-28)22-26-21-27-23-31(39(9,10)29-19-15-12-16-20-29)25-33(37(4,5)6)35(27)43-44(40,41)42-34(26)32/h11-20,22-25H,21H2,1-10H3,(H,40,41). The fraction of sp³-hybridized carbons (Fsp3) is 0.385. The van der Waals surface area contributed by atoms with Gasteiger partial charge in [-0.1, -0.05) is 154 Å². The zero-order chi connectivity index (χ0) is 32.3. The number of fused-ring (bicyclic) bond motifs is 2. The first-order chi connectivity index (χ1) is 20.3. The molecule has 4 aromatic rings. The second kappa shape index (κ2) is 10.9. The van der Waals surface area contributed by atoms with Crippen molar-refractivity contribution in [2.24, 2.45) is 0 Å². The summed E-state index contributed by atoms with van der Waals surface area (Å²) in [5.41, 5.74) is 6.84. The Balaban J connectivity index is 1.81. The molecule has 0 unspecified atom stereocenters. The Labute approximate surface area is 264 Å². The van der Waals surface area contributed by atoms with Crippen LogP contribution in [0.5, 0.6) is 11.5 Å². The summed E-state index contributed by atoms with van der Waals surface area (Å²) in [6, 6.07) is 29.6. The highest BCUT2D eigenvalue weighted by Gasteiger charge is 2.39. The van der Waals surface area contributed by atoms with Crippen molar-refractivity contribution in [1.29, 1.82) is 0 Å². The maximum absolute atomic E-state index is 13.8. The lowest BCUT2D eigenvalue weighted by Crippen LogP contribution is -2.24. The predicted molar refractivity (Wildman–Crippen MR) is 181 cm³/mol. The van der Waals surface area contributed by atoms with E-state index in [0.29, 0.717) is 17.9 Å². The van der Waals surface area contributed by atoms with E-state index in [9.17, 15) is 9.46 Å². The topological polar surface area (TPSA) is 55.8 Å². The van der Waals surface area contributed by atoms with Gasteiger partial charge in [-0.05, 0) is 44.2 Å². The lowest BCUT2D eigenvalue weighted by Gasteiger charge is -2.35. The molecule has 1 aliphatic rings. The van der Waals surface area contributed by atoms with Gasteiger partial charge in [0.1, 0.15) is 11.5 Å². The van der Waals surface area contributed by atoms with E-state index >= 15 is 0 Å². The molecule has 0 fully saturated rings. The molecule has 0 saturated carbocycles. The molecule has 0 radical (unpaired) electrons. The molecule has 0 atom stereocenters. The Bertz CT molecular complexity index is 1600. The van der Waals surface area contributed by atoms with Crippen LogP contribution < -0.4 is 9.05 Å². The summed E-state index contributed by atoms with van der Waals surface area (Å²) < 4.78 is 25.9. The number of hydrogen-bond donors (Lipinski definition) is 1. The second-order valence-electron chi connectivity index (χ2n) is 15.3. The van der Waals surface area contributed by atoms with Gasteiger partial charge in [-0.25, -0.2) is 4.57 Å². The van der Waals surface area contributed by atoms with Crippen molar-refractivity contribution >= 4 is 7.82 Å². The van der Waals surface area contributed by atoms with Gasteiger partial charge >= 0.3 is 7.82 Å². The van der Waals surface area contributed by atoms with E-state index in [0.717, 1.165) is 33.4 Å². The molecule has 232 valence electrons. The summed E-state index contributed by atoms with van der Waals surface area (Å²) in [4.78, 5) is 11.3. The van der Waals surface area contributed by atoms with Crippen LogP contribution in [0.1, 0.15) is 114 Å². The molecule has 5 heteroatoms. The number of phosphoric acid groups is 1. The highest BCUT2D eigenvalue weighted by atomic mass is 31.2. The molecule has 0 aliphatic carbocycles. The quantitative estimate of drug-likeness (QED) is 0.234. The van der Waals surface area contributed by atoms with Crippen LogP contribution in [0.25, 0.3) is 0 Å². The van der Waals surface area contributed by atoms with Gasteiger partial charge < -0.3 is 9.05 Å². The van der Waals surface area contributed by atoms with Gasteiger partial charge in [0.2, 0.25) is 0 Å². The lowest BCUT2D eigenvalue weighted by molar-refractivity contribution is 0.281. The van der Waals surface area contributed by atoms with Gasteiger partial charge in [0.05, 0.1) is 0 Å². The van der Waals surface area contributed by atoms with E-state index in [4.69, 9.17) is 9.05 Å². The number of phosphoric ester groups is 1. The van der Waals surface area contributed by atoms with Crippen LogP contribution in [0.2, 0.25) is 0 Å². The molecule has 0 bridgehead atoms. The smallest absolute Gasteiger partial charge is 0.395 e. The van der Waals surface area contributed by atoms with Crippen LogP contribution in [0.15, 0.2) is 84.9 Å². The molecule has 5 rings (SSSR count). The minimum absolute atomic E-state index is 0.311. The van der Waals surface area contributed by atoms with E-state index in [1.807, 2.05) is 12.1 Å². The molecular weight excluding hydrogens is 563 g/mol. The predicted octanol–water partition coefficient (Wildman–Crippen LogP) is 10.4. The van der Waals surface area contributed by atoms with Crippen LogP contribution in [-0.2, 0) is 32.6 Å². The summed E-state index contributed by atoms with van der Waals surface area (Å²) >= 11 is 0. The molecular formula is C39H47O4P. The van der Waals surface area contributed by atoms with Gasteiger partial charge in [0.25, 0.3) is 0 Å². The molecule has 1 heterocycles. The third-order valence-electron chi connectivity index (χ3n) is 9.18. The molecule has 44 heavy (non-hydrogen) atoms. The van der Waals surface area contributed by atoms with Crippen LogP contribution >= 0.6 is 7.82 Å². The van der Waals surface area contributed by atoms with Crippen molar-refractivity contribution in [3.63, 3.8) is 0 Å². The zero-order valence-electron chi connectivity index (χ0n) is 27.9. The van der Waals surface area contributed by atoms with E-state index < -0.39 is 7.82 Å². The fourth-order valence-electron chi connectivity index (χ4n) is 6.19. The van der Waals surface area contributed by atoms with Crippen molar-refractivity contribution in [3.05, 3.63) is 129 Å². The molecule has 1 N–H and O–H groups in total. The summed E-state index contributed by atoms with van der Waals surface area (Å²) in [5, 5.41) is 0. The van der Waals surface area contributed by atoms with E-state index in [1.54, 1.807) is 0 Å². The Hall–Kier alpha value is -3.33. The first-order valence-corrected chi connectivity index (χ1v) is 17.0. The fourth-order valence-corrected chi connectivity index (χ4v) is 7.12. The second-order valence-corrected chi connectivity index (χ2v) is 16.6. The van der Waals surface area contributed by atoms with E-state index in [2.05, 4.69) is 142 Å². The molecule has 4 aromatic carbocycles. The normalized spacial score (nSPS) is 15.2. The van der Waals surface area contributed by atoms with Crippen molar-refractivity contribution in [3.8, 4) is 11.5 Å². The minimum Gasteiger partial charge on any atom is -0.395 e. The summed E-state index contributed by atoms with van der Waals surface area (Å²) in [5.74, 6) is 0.873. The Morgan fingerprint density at radius 2 is 0.886 bits per heavy atom. The average molecular weight is 611 g/mol. The Morgan fingerprint density at radius 1 is 0.545 bits per heavy atom. The van der Waals surface area contributed by atoms with Crippen molar-refractivity contribution in [2.75, 3.05) is 0 Å². The first kappa shape index (κ1) is 32.1. The van der Waals surface area contributed by atoms with E-state index in [1.165, 1.54) is 11.1 Å². The van der Waals surface area contributed by atoms with Crippen molar-refractivity contribution in [1.82, 2.24) is 0 Å². The van der Waals surface area contributed by atoms with Gasteiger partial charge in [-0.15, -0.1) is 0 Å². The third kappa shape index (κ3) is 6.12. The molecule has 0 aromatic heterocycles. The minimum atomic E-state index is -4.54. The maximum atomic E-state index is 13.8. The molecule has 0 amide bonds. The van der Waals surface area contributed by atoms with Crippen LogP contribution in [0, 0.1) is 0 Å². The number of hydrogen-bond acceptors (Lipinski definition) is 3. The van der Waals surface area contributed by atoms with Gasteiger partial charge in [0.15, 0.2) is 0 Å². The lowest BCUT2D eigenvalue weighted by atomic mass is 9.73. The van der Waals surface area contributed by atoms with Gasteiger partial charge in [-0.2, -0.15) is 0 Å². The summed E-state index contributed by atoms with van der Waals surface area (Å²) in [7, 11) is -4.54. The highest BCUT2D eigenvalue weighted by molar-refractivity contribution is 7.48. The molecule has 4 nitrogen and oxygen atoms in total. The van der Waals surface area contributed by atoms with E-state index in [-0.39, 0.29) is 21.7 Å². The molecule has 1 aliphatic heterocycles. The van der Waals surface area contributed by atoms with Crippen molar-refractivity contribution in [2.45, 2.75) is 97.3 Å². The van der Waals surface area contributed by atoms with Crippen LogP contribution in [0.4, 0.5) is 0 Å². The molecule has 0 saturated heterocycles. The number of rotatable bonds is 4.